The van der Waals surface area contributed by atoms with Crippen molar-refractivity contribution >= 4 is 22.4 Å². The van der Waals surface area contributed by atoms with Gasteiger partial charge in [0.15, 0.2) is 0 Å². The van der Waals surface area contributed by atoms with E-state index in [1.807, 2.05) is 0 Å². The highest BCUT2D eigenvalue weighted by Crippen LogP contribution is 2.43. The maximum Gasteiger partial charge on any atom is 0.303 e. The number of hydrogen-bond acceptors (Lipinski definition) is 2. The molecule has 0 radical (unpaired) electrons. The number of hydrogen-bond donors (Lipinski definition) is 1. The molecule has 1 atom stereocenters. The number of carbonyl (C=O) groups is 1. The van der Waals surface area contributed by atoms with Gasteiger partial charge in [-0.3, -0.25) is 4.79 Å². The summed E-state index contributed by atoms with van der Waals surface area (Å²) in [5, 5.41) is 11.9. The van der Waals surface area contributed by atoms with E-state index in [0.717, 1.165) is 25.9 Å². The summed E-state index contributed by atoms with van der Waals surface area (Å²) >= 11 is 0. The minimum absolute atomic E-state index is 0.136. The van der Waals surface area contributed by atoms with E-state index in [1.54, 1.807) is 0 Å². The molecule has 1 aliphatic carbocycles. The van der Waals surface area contributed by atoms with Crippen LogP contribution in [0.3, 0.4) is 0 Å². The topological polar surface area (TPSA) is 40.5 Å². The zero-order valence-corrected chi connectivity index (χ0v) is 16.7. The van der Waals surface area contributed by atoms with E-state index in [-0.39, 0.29) is 12.3 Å². The molecule has 2 aliphatic rings. The van der Waals surface area contributed by atoms with Crippen LogP contribution < -0.4 is 4.90 Å². The predicted molar refractivity (Wildman–Crippen MR) is 119 cm³/mol. The molecule has 1 heterocycles. The van der Waals surface area contributed by atoms with Gasteiger partial charge in [-0.15, -0.1) is 0 Å². The molecule has 0 saturated carbocycles. The zero-order valence-electron chi connectivity index (χ0n) is 16.7. The number of carboxylic acid groups (broad SMARTS) is 1. The van der Waals surface area contributed by atoms with E-state index in [1.165, 1.54) is 58.0 Å². The Morgan fingerprint density at radius 3 is 2.55 bits per heavy atom. The van der Waals surface area contributed by atoms with Crippen molar-refractivity contribution < 1.29 is 9.90 Å². The Morgan fingerprint density at radius 2 is 1.76 bits per heavy atom. The van der Waals surface area contributed by atoms with Crippen molar-refractivity contribution in [3.63, 3.8) is 0 Å². The van der Waals surface area contributed by atoms with Gasteiger partial charge in [-0.1, -0.05) is 36.4 Å². The van der Waals surface area contributed by atoms with E-state index in [9.17, 15) is 9.90 Å². The monoisotopic (exact) mass is 385 g/mol. The van der Waals surface area contributed by atoms with Crippen LogP contribution in [0.4, 0.5) is 5.69 Å². The fraction of sp³-hybridized carbons (Fsp3) is 0.346. The molecule has 0 spiro atoms. The molecule has 0 bridgehead atoms. The molecular weight excluding hydrogens is 358 g/mol. The van der Waals surface area contributed by atoms with Crippen LogP contribution in [0, 0.1) is 0 Å². The number of fused-ring (bicyclic) bond motifs is 2. The SMILES string of the molecule is O=C(O)CC1CCc2cc(N3CCCCC3)c(-c3ccc4ccccc4c3)cc21. The Labute approximate surface area is 172 Å². The lowest BCUT2D eigenvalue weighted by molar-refractivity contribution is -0.137. The van der Waals surface area contributed by atoms with Crippen molar-refractivity contribution in [2.75, 3.05) is 18.0 Å². The van der Waals surface area contributed by atoms with Crippen LogP contribution in [0.15, 0.2) is 54.6 Å². The maximum atomic E-state index is 11.4. The summed E-state index contributed by atoms with van der Waals surface area (Å²) < 4.78 is 0. The van der Waals surface area contributed by atoms with Gasteiger partial charge in [0, 0.05) is 24.3 Å². The molecule has 5 rings (SSSR count). The summed E-state index contributed by atoms with van der Waals surface area (Å²) in [5.74, 6) is -0.563. The molecule has 1 fully saturated rings. The second-order valence-corrected chi connectivity index (χ2v) is 8.51. The standard InChI is InChI=1S/C26H27NO2/c28-26(29)16-22-11-10-21-15-25(27-12-4-1-5-13-27)24(17-23(21)22)20-9-8-18-6-2-3-7-19(18)14-20/h2-3,6-9,14-15,17,22H,1,4-5,10-13,16H2,(H,28,29). The van der Waals surface area contributed by atoms with Crippen molar-refractivity contribution in [1.29, 1.82) is 0 Å². The minimum Gasteiger partial charge on any atom is -0.481 e. The highest BCUT2D eigenvalue weighted by Gasteiger charge is 2.28. The maximum absolute atomic E-state index is 11.4. The van der Waals surface area contributed by atoms with Gasteiger partial charge in [-0.05, 0) is 83.7 Å². The summed E-state index contributed by atoms with van der Waals surface area (Å²) in [6.45, 7) is 2.22. The molecular formula is C26H27NO2. The molecule has 3 aromatic rings. The van der Waals surface area contributed by atoms with Crippen LogP contribution in [0.5, 0.6) is 0 Å². The Morgan fingerprint density at radius 1 is 0.966 bits per heavy atom. The Hall–Kier alpha value is -2.81. The van der Waals surface area contributed by atoms with Gasteiger partial charge in [0.05, 0.1) is 6.42 Å². The smallest absolute Gasteiger partial charge is 0.303 e. The molecule has 0 aromatic heterocycles. The van der Waals surface area contributed by atoms with E-state index in [4.69, 9.17) is 0 Å². The molecule has 1 N–H and O–H groups in total. The van der Waals surface area contributed by atoms with Gasteiger partial charge in [-0.2, -0.15) is 0 Å². The number of anilines is 1. The number of nitrogens with zero attached hydrogens (tertiary/aromatic N) is 1. The van der Waals surface area contributed by atoms with Gasteiger partial charge in [0.1, 0.15) is 0 Å². The predicted octanol–water partition coefficient (Wildman–Crippen LogP) is 6.00. The van der Waals surface area contributed by atoms with E-state index in [0.29, 0.717) is 0 Å². The van der Waals surface area contributed by atoms with Crippen LogP contribution in [-0.4, -0.2) is 24.2 Å². The number of benzene rings is 3. The lowest BCUT2D eigenvalue weighted by Gasteiger charge is -2.31. The molecule has 148 valence electrons. The highest BCUT2D eigenvalue weighted by molar-refractivity contribution is 5.90. The first-order chi connectivity index (χ1) is 14.2. The van der Waals surface area contributed by atoms with Crippen LogP contribution in [-0.2, 0) is 11.2 Å². The van der Waals surface area contributed by atoms with E-state index >= 15 is 0 Å². The third-order valence-corrected chi connectivity index (χ3v) is 6.64. The number of carboxylic acids is 1. The molecule has 3 nitrogen and oxygen atoms in total. The zero-order chi connectivity index (χ0) is 19.8. The van der Waals surface area contributed by atoms with Crippen LogP contribution in [0.2, 0.25) is 0 Å². The lowest BCUT2D eigenvalue weighted by Crippen LogP contribution is -2.30. The third kappa shape index (κ3) is 3.50. The van der Waals surface area contributed by atoms with Crippen LogP contribution in [0.1, 0.15) is 49.1 Å². The van der Waals surface area contributed by atoms with Gasteiger partial charge in [-0.25, -0.2) is 0 Å². The average Bonchev–Trinajstić information content (AvgIpc) is 3.14. The Kier molecular flexibility index (Phi) is 4.75. The van der Waals surface area contributed by atoms with E-state index in [2.05, 4.69) is 59.5 Å². The molecule has 29 heavy (non-hydrogen) atoms. The quantitative estimate of drug-likeness (QED) is 0.599. The Bertz CT molecular complexity index is 1070. The fourth-order valence-corrected chi connectivity index (χ4v) is 5.14. The number of aliphatic carboxylic acids is 1. The molecule has 1 unspecified atom stereocenters. The molecule has 0 amide bonds. The van der Waals surface area contributed by atoms with Gasteiger partial charge in [0.25, 0.3) is 0 Å². The fourth-order valence-electron chi connectivity index (χ4n) is 5.14. The third-order valence-electron chi connectivity index (χ3n) is 6.64. The van der Waals surface area contributed by atoms with Crippen molar-refractivity contribution in [2.24, 2.45) is 0 Å². The first-order valence-electron chi connectivity index (χ1n) is 10.8. The summed E-state index contributed by atoms with van der Waals surface area (Å²) in [5.41, 5.74) is 6.41. The minimum atomic E-state index is -0.699. The highest BCUT2D eigenvalue weighted by atomic mass is 16.4. The van der Waals surface area contributed by atoms with Gasteiger partial charge >= 0.3 is 5.97 Å². The Balaban J connectivity index is 1.65. The van der Waals surface area contributed by atoms with Crippen molar-refractivity contribution in [1.82, 2.24) is 0 Å². The first kappa shape index (κ1) is 18.2. The summed E-state index contributed by atoms with van der Waals surface area (Å²) in [4.78, 5) is 13.9. The summed E-state index contributed by atoms with van der Waals surface area (Å²) in [6, 6.07) is 19.9. The van der Waals surface area contributed by atoms with Crippen LogP contribution in [0.25, 0.3) is 21.9 Å². The summed E-state index contributed by atoms with van der Waals surface area (Å²) in [6.07, 6.45) is 5.97. The lowest BCUT2D eigenvalue weighted by atomic mass is 9.91. The number of piperidine rings is 1. The molecule has 3 heteroatoms. The second kappa shape index (κ2) is 7.55. The molecule has 1 aliphatic heterocycles. The van der Waals surface area contributed by atoms with Crippen LogP contribution >= 0.6 is 0 Å². The molecule has 3 aromatic carbocycles. The molecule has 1 saturated heterocycles. The van der Waals surface area contributed by atoms with Crippen molar-refractivity contribution in [3.05, 3.63) is 65.7 Å². The first-order valence-corrected chi connectivity index (χ1v) is 10.8. The number of aryl methyl sites for hydroxylation is 1. The number of rotatable bonds is 4. The largest absolute Gasteiger partial charge is 0.481 e. The van der Waals surface area contributed by atoms with E-state index < -0.39 is 5.97 Å². The van der Waals surface area contributed by atoms with Crippen molar-refractivity contribution in [3.8, 4) is 11.1 Å². The average molecular weight is 386 g/mol. The second-order valence-electron chi connectivity index (χ2n) is 8.51. The van der Waals surface area contributed by atoms with Gasteiger partial charge < -0.3 is 10.0 Å². The van der Waals surface area contributed by atoms with Gasteiger partial charge in [0.2, 0.25) is 0 Å². The summed E-state index contributed by atoms with van der Waals surface area (Å²) in [7, 11) is 0. The normalized spacial score (nSPS) is 18.8. The van der Waals surface area contributed by atoms with Crippen molar-refractivity contribution in [2.45, 2.75) is 44.4 Å².